The van der Waals surface area contributed by atoms with E-state index in [9.17, 15) is 13.2 Å². The van der Waals surface area contributed by atoms with E-state index in [1.807, 2.05) is 0 Å². The van der Waals surface area contributed by atoms with Crippen molar-refractivity contribution in [2.45, 2.75) is 4.90 Å². The predicted octanol–water partition coefficient (Wildman–Crippen LogP) is 1.71. The minimum atomic E-state index is -3.69. The van der Waals surface area contributed by atoms with E-state index in [1.165, 1.54) is 24.3 Å². The van der Waals surface area contributed by atoms with Gasteiger partial charge >= 0.3 is 5.97 Å². The molecular formula is C9H7ClO4S. The van der Waals surface area contributed by atoms with Crippen LogP contribution in [0.4, 0.5) is 0 Å². The molecule has 0 fully saturated rings. The van der Waals surface area contributed by atoms with Gasteiger partial charge in [0.2, 0.25) is 0 Å². The van der Waals surface area contributed by atoms with Crippen LogP contribution in [-0.2, 0) is 14.6 Å². The Kier molecular flexibility index (Phi) is 3.49. The molecule has 15 heavy (non-hydrogen) atoms. The van der Waals surface area contributed by atoms with E-state index in [4.69, 9.17) is 16.7 Å². The molecule has 0 spiro atoms. The average Bonchev–Trinajstić information content (AvgIpc) is 2.16. The molecule has 1 aromatic rings. The van der Waals surface area contributed by atoms with Gasteiger partial charge in [0.25, 0.3) is 0 Å². The minimum absolute atomic E-state index is 0.00407. The normalized spacial score (nSPS) is 11.8. The molecule has 80 valence electrons. The molecular weight excluding hydrogens is 240 g/mol. The Balaban J connectivity index is 3.07. The highest BCUT2D eigenvalue weighted by atomic mass is 35.5. The molecule has 0 unspecified atom stereocenters. The van der Waals surface area contributed by atoms with E-state index in [1.54, 1.807) is 0 Å². The molecule has 0 aliphatic heterocycles. The van der Waals surface area contributed by atoms with Crippen LogP contribution in [0, 0.1) is 0 Å². The number of carbonyl (C=O) groups is 1. The van der Waals surface area contributed by atoms with E-state index < -0.39 is 15.8 Å². The number of benzene rings is 1. The van der Waals surface area contributed by atoms with E-state index >= 15 is 0 Å². The molecule has 0 saturated carbocycles. The van der Waals surface area contributed by atoms with E-state index in [0.29, 0.717) is 16.5 Å². The Morgan fingerprint density at radius 2 is 1.80 bits per heavy atom. The Labute approximate surface area is 91.7 Å². The van der Waals surface area contributed by atoms with Crippen molar-refractivity contribution in [1.82, 2.24) is 0 Å². The van der Waals surface area contributed by atoms with Gasteiger partial charge in [-0.3, -0.25) is 0 Å². The van der Waals surface area contributed by atoms with Crippen LogP contribution >= 0.6 is 11.6 Å². The summed E-state index contributed by atoms with van der Waals surface area (Å²) < 4.78 is 22.9. The fourth-order valence-corrected chi connectivity index (χ4v) is 1.94. The fraction of sp³-hybridized carbons (Fsp3) is 0. The molecule has 0 saturated heterocycles. The Bertz CT molecular complexity index is 487. The fourth-order valence-electron chi connectivity index (χ4n) is 0.851. The second kappa shape index (κ2) is 4.46. The SMILES string of the molecule is O=C(O)C=CS(=O)(=O)c1ccc(Cl)cc1. The zero-order chi connectivity index (χ0) is 11.5. The zero-order valence-electron chi connectivity index (χ0n) is 7.42. The van der Waals surface area contributed by atoms with Gasteiger partial charge in [-0.1, -0.05) is 11.6 Å². The smallest absolute Gasteiger partial charge is 0.329 e. The third-order valence-electron chi connectivity index (χ3n) is 1.53. The van der Waals surface area contributed by atoms with Gasteiger partial charge in [-0.05, 0) is 24.3 Å². The molecule has 0 aliphatic carbocycles. The second-order valence-corrected chi connectivity index (χ2v) is 4.91. The molecule has 0 radical (unpaired) electrons. The second-order valence-electron chi connectivity index (χ2n) is 2.64. The number of sulfone groups is 1. The third kappa shape index (κ3) is 3.38. The summed E-state index contributed by atoms with van der Waals surface area (Å²) in [5.74, 6) is -1.31. The van der Waals surface area contributed by atoms with E-state index in [2.05, 4.69) is 0 Å². The summed E-state index contributed by atoms with van der Waals surface area (Å²) in [5.41, 5.74) is 0. The first-order valence-electron chi connectivity index (χ1n) is 3.83. The number of aliphatic carboxylic acids is 1. The van der Waals surface area contributed by atoms with Crippen LogP contribution in [-0.4, -0.2) is 19.5 Å². The maximum absolute atomic E-state index is 11.5. The quantitative estimate of drug-likeness (QED) is 0.825. The van der Waals surface area contributed by atoms with Crippen LogP contribution in [0.5, 0.6) is 0 Å². The van der Waals surface area contributed by atoms with Crippen molar-refractivity contribution < 1.29 is 18.3 Å². The van der Waals surface area contributed by atoms with Crippen LogP contribution in [0.25, 0.3) is 0 Å². The molecule has 1 rings (SSSR count). The Hall–Kier alpha value is -1.33. The van der Waals surface area contributed by atoms with Crippen molar-refractivity contribution in [1.29, 1.82) is 0 Å². The van der Waals surface area contributed by atoms with Gasteiger partial charge in [-0.15, -0.1) is 0 Å². The average molecular weight is 247 g/mol. The monoisotopic (exact) mass is 246 g/mol. The van der Waals surface area contributed by atoms with Crippen LogP contribution in [0.2, 0.25) is 5.02 Å². The lowest BCUT2D eigenvalue weighted by Crippen LogP contribution is -1.97. The summed E-state index contributed by atoms with van der Waals surface area (Å²) in [6, 6.07) is 5.46. The van der Waals surface area contributed by atoms with Crippen molar-refractivity contribution >= 4 is 27.4 Å². The van der Waals surface area contributed by atoms with E-state index in [-0.39, 0.29) is 4.90 Å². The highest BCUT2D eigenvalue weighted by Crippen LogP contribution is 2.15. The van der Waals surface area contributed by atoms with Crippen molar-refractivity contribution in [2.75, 3.05) is 0 Å². The summed E-state index contributed by atoms with van der Waals surface area (Å²) in [5, 5.41) is 9.35. The number of hydrogen-bond acceptors (Lipinski definition) is 3. The van der Waals surface area contributed by atoms with Gasteiger partial charge in [0.15, 0.2) is 9.84 Å². The molecule has 0 amide bonds. The van der Waals surface area contributed by atoms with E-state index in [0.717, 1.165) is 0 Å². The first kappa shape index (κ1) is 11.7. The number of carboxylic acid groups (broad SMARTS) is 1. The maximum Gasteiger partial charge on any atom is 0.329 e. The van der Waals surface area contributed by atoms with Crippen LogP contribution < -0.4 is 0 Å². The van der Waals surface area contributed by atoms with Crippen molar-refractivity contribution in [3.63, 3.8) is 0 Å². The molecule has 0 bridgehead atoms. The number of hydrogen-bond donors (Lipinski definition) is 1. The number of carboxylic acids is 1. The summed E-state index contributed by atoms with van der Waals surface area (Å²) >= 11 is 5.58. The Morgan fingerprint density at radius 3 is 2.27 bits per heavy atom. The highest BCUT2D eigenvalue weighted by molar-refractivity contribution is 7.94. The molecule has 4 nitrogen and oxygen atoms in total. The van der Waals surface area contributed by atoms with Gasteiger partial charge in [0.05, 0.1) is 4.90 Å². The van der Waals surface area contributed by atoms with Gasteiger partial charge < -0.3 is 5.11 Å². The lowest BCUT2D eigenvalue weighted by Gasteiger charge is -1.97. The predicted molar refractivity (Wildman–Crippen MR) is 55.4 cm³/mol. The zero-order valence-corrected chi connectivity index (χ0v) is 8.99. The van der Waals surface area contributed by atoms with Crippen LogP contribution in [0.3, 0.4) is 0 Å². The molecule has 0 aliphatic rings. The minimum Gasteiger partial charge on any atom is -0.478 e. The molecule has 1 aromatic carbocycles. The van der Waals surface area contributed by atoms with Gasteiger partial charge in [-0.2, -0.15) is 0 Å². The van der Waals surface area contributed by atoms with Gasteiger partial charge in [-0.25, -0.2) is 13.2 Å². The summed E-state index contributed by atoms with van der Waals surface area (Å²) in [7, 11) is -3.69. The largest absolute Gasteiger partial charge is 0.478 e. The van der Waals surface area contributed by atoms with Crippen molar-refractivity contribution in [3.05, 3.63) is 40.8 Å². The molecule has 0 heterocycles. The lowest BCUT2D eigenvalue weighted by atomic mass is 10.4. The molecule has 0 aromatic heterocycles. The first-order chi connectivity index (χ1) is 6.92. The first-order valence-corrected chi connectivity index (χ1v) is 5.76. The maximum atomic E-state index is 11.5. The topological polar surface area (TPSA) is 71.4 Å². The van der Waals surface area contributed by atoms with Gasteiger partial charge in [0.1, 0.15) is 0 Å². The highest BCUT2D eigenvalue weighted by Gasteiger charge is 2.10. The Morgan fingerprint density at radius 1 is 1.27 bits per heavy atom. The standard InChI is InChI=1S/C9H7ClO4S/c10-7-1-3-8(4-2-7)15(13,14)6-5-9(11)12/h1-6H,(H,11,12). The summed E-state index contributed by atoms with van der Waals surface area (Å²) in [4.78, 5) is 10.2. The van der Waals surface area contributed by atoms with Crippen LogP contribution in [0.1, 0.15) is 0 Å². The summed E-state index contributed by atoms with van der Waals surface area (Å²) in [6.45, 7) is 0. The number of rotatable bonds is 3. The summed E-state index contributed by atoms with van der Waals surface area (Å²) in [6.07, 6.45) is 0.573. The molecule has 6 heteroatoms. The van der Waals surface area contributed by atoms with Gasteiger partial charge in [0, 0.05) is 16.5 Å². The van der Waals surface area contributed by atoms with Crippen molar-refractivity contribution in [3.8, 4) is 0 Å². The molecule has 0 atom stereocenters. The van der Waals surface area contributed by atoms with Crippen LogP contribution in [0.15, 0.2) is 40.6 Å². The van der Waals surface area contributed by atoms with Crippen molar-refractivity contribution in [2.24, 2.45) is 0 Å². The number of halogens is 1. The third-order valence-corrected chi connectivity index (χ3v) is 3.21. The lowest BCUT2D eigenvalue weighted by molar-refractivity contribution is -0.131. The molecule has 1 N–H and O–H groups in total.